The summed E-state index contributed by atoms with van der Waals surface area (Å²) in [4.78, 5) is 21.7. The van der Waals surface area contributed by atoms with Crippen LogP contribution < -0.4 is 0 Å². The van der Waals surface area contributed by atoms with Crippen LogP contribution in [-0.2, 0) is 29.2 Å². The predicted molar refractivity (Wildman–Crippen MR) is 64.3 cm³/mol. The number of hydrogen-bond donors (Lipinski definition) is 2. The highest BCUT2D eigenvalue weighted by Crippen LogP contribution is 2.07. The maximum absolute atomic E-state index is 11.3. The summed E-state index contributed by atoms with van der Waals surface area (Å²) in [7, 11) is -4.81. The van der Waals surface area contributed by atoms with Gasteiger partial charge in [-0.25, -0.2) is 0 Å². The Labute approximate surface area is 111 Å². The van der Waals surface area contributed by atoms with E-state index < -0.39 is 33.7 Å². The van der Waals surface area contributed by atoms with Crippen LogP contribution in [0.1, 0.15) is 26.2 Å². The normalized spacial score (nSPS) is 12.9. The maximum atomic E-state index is 11.3. The number of aliphatic carboxylic acids is 1. The number of carbonyl (C=O) groups excluding carboxylic acids is 1. The van der Waals surface area contributed by atoms with E-state index in [1.165, 1.54) is 0 Å². The third kappa shape index (κ3) is 8.51. The van der Waals surface area contributed by atoms with Gasteiger partial charge < -0.3 is 14.6 Å². The predicted octanol–water partition coefficient (Wildman–Crippen LogP) is 0.0774. The van der Waals surface area contributed by atoms with Crippen molar-refractivity contribution >= 4 is 22.1 Å². The summed E-state index contributed by atoms with van der Waals surface area (Å²) in [6.07, 6.45) is 0.748. The average Bonchev–Trinajstić information content (AvgIpc) is 2.28. The fourth-order valence-corrected chi connectivity index (χ4v) is 1.78. The number of carboxylic acids is 1. The van der Waals surface area contributed by atoms with Crippen molar-refractivity contribution in [1.82, 2.24) is 0 Å². The van der Waals surface area contributed by atoms with Crippen LogP contribution in [0.25, 0.3) is 0 Å². The van der Waals surface area contributed by atoms with E-state index in [0.29, 0.717) is 6.61 Å². The summed E-state index contributed by atoms with van der Waals surface area (Å²) in [5.74, 6) is -2.83. The molecular formula is C10H18O8S. The number of rotatable bonds is 10. The average molecular weight is 298 g/mol. The van der Waals surface area contributed by atoms with Gasteiger partial charge in [-0.05, 0) is 6.42 Å². The first kappa shape index (κ1) is 17.8. The topological polar surface area (TPSA) is 127 Å². The standard InChI is InChI=1S/C10H18O8S/c1-2-3-4-17-5-6-18-10(13)8(7-9(11)12)19(14,15)16/h8H,2-7H2,1H3,(H,11,12)(H,14,15,16). The highest BCUT2D eigenvalue weighted by molar-refractivity contribution is 7.87. The molecule has 0 aromatic heterocycles. The van der Waals surface area contributed by atoms with Crippen LogP contribution in [0.2, 0.25) is 0 Å². The Bertz CT molecular complexity index is 388. The molecule has 1 atom stereocenters. The SMILES string of the molecule is CCCCOCCOC(=O)C(CC(=O)O)S(=O)(=O)O. The molecule has 9 heteroatoms. The number of esters is 1. The highest BCUT2D eigenvalue weighted by Gasteiger charge is 2.34. The zero-order valence-electron chi connectivity index (χ0n) is 10.6. The van der Waals surface area contributed by atoms with Crippen LogP contribution in [0.4, 0.5) is 0 Å². The zero-order chi connectivity index (χ0) is 14.9. The van der Waals surface area contributed by atoms with Crippen LogP contribution in [0.3, 0.4) is 0 Å². The second kappa shape index (κ2) is 8.83. The van der Waals surface area contributed by atoms with E-state index in [2.05, 4.69) is 4.74 Å². The largest absolute Gasteiger partial charge is 0.481 e. The van der Waals surface area contributed by atoms with Gasteiger partial charge >= 0.3 is 11.9 Å². The van der Waals surface area contributed by atoms with Crippen molar-refractivity contribution in [3.05, 3.63) is 0 Å². The number of unbranched alkanes of at least 4 members (excludes halogenated alkanes) is 1. The van der Waals surface area contributed by atoms with Gasteiger partial charge in [0.1, 0.15) is 6.61 Å². The second-order valence-electron chi connectivity index (χ2n) is 3.73. The van der Waals surface area contributed by atoms with Gasteiger partial charge in [0.25, 0.3) is 10.1 Å². The van der Waals surface area contributed by atoms with Gasteiger partial charge in [0.05, 0.1) is 13.0 Å². The van der Waals surface area contributed by atoms with E-state index in [1.807, 2.05) is 6.92 Å². The Morgan fingerprint density at radius 2 is 1.84 bits per heavy atom. The molecule has 0 heterocycles. The van der Waals surface area contributed by atoms with Gasteiger partial charge in [0, 0.05) is 6.61 Å². The van der Waals surface area contributed by atoms with Gasteiger partial charge in [-0.2, -0.15) is 8.42 Å². The van der Waals surface area contributed by atoms with Crippen molar-refractivity contribution in [2.45, 2.75) is 31.4 Å². The van der Waals surface area contributed by atoms with E-state index in [4.69, 9.17) is 14.4 Å². The summed E-state index contributed by atoms with van der Waals surface area (Å²) in [6.45, 7) is 2.35. The minimum absolute atomic E-state index is 0.0804. The Hall–Kier alpha value is -1.19. The molecule has 0 radical (unpaired) electrons. The maximum Gasteiger partial charge on any atom is 0.327 e. The van der Waals surface area contributed by atoms with Gasteiger partial charge in [-0.1, -0.05) is 13.3 Å². The van der Waals surface area contributed by atoms with E-state index in [1.54, 1.807) is 0 Å². The molecule has 0 amide bonds. The minimum Gasteiger partial charge on any atom is -0.481 e. The molecule has 0 saturated heterocycles. The molecule has 0 aromatic rings. The molecule has 0 aliphatic carbocycles. The number of hydrogen-bond acceptors (Lipinski definition) is 6. The van der Waals surface area contributed by atoms with E-state index in [-0.39, 0.29) is 13.2 Å². The first-order valence-corrected chi connectivity index (χ1v) is 7.21. The van der Waals surface area contributed by atoms with Crippen LogP contribution in [0.15, 0.2) is 0 Å². The Morgan fingerprint density at radius 1 is 1.21 bits per heavy atom. The lowest BCUT2D eigenvalue weighted by Gasteiger charge is -2.11. The number of carboxylic acid groups (broad SMARTS) is 1. The minimum atomic E-state index is -4.81. The van der Waals surface area contributed by atoms with Crippen LogP contribution in [-0.4, -0.2) is 55.1 Å². The highest BCUT2D eigenvalue weighted by atomic mass is 32.2. The van der Waals surface area contributed by atoms with Crippen LogP contribution in [0, 0.1) is 0 Å². The van der Waals surface area contributed by atoms with Crippen molar-refractivity contribution in [2.75, 3.05) is 19.8 Å². The molecule has 0 aromatic carbocycles. The van der Waals surface area contributed by atoms with Gasteiger partial charge in [0.15, 0.2) is 5.25 Å². The Morgan fingerprint density at radius 3 is 2.32 bits per heavy atom. The van der Waals surface area contributed by atoms with E-state index in [0.717, 1.165) is 12.8 Å². The zero-order valence-corrected chi connectivity index (χ0v) is 11.4. The summed E-state index contributed by atoms with van der Waals surface area (Å²) in [5.41, 5.74) is 0. The molecule has 8 nitrogen and oxygen atoms in total. The van der Waals surface area contributed by atoms with Crippen molar-refractivity contribution in [3.8, 4) is 0 Å². The molecule has 0 rings (SSSR count). The molecule has 112 valence electrons. The Kier molecular flexibility index (Phi) is 8.28. The third-order valence-electron chi connectivity index (χ3n) is 2.10. The Balaban J connectivity index is 4.16. The fraction of sp³-hybridized carbons (Fsp3) is 0.800. The molecule has 0 saturated carbocycles. The lowest BCUT2D eigenvalue weighted by atomic mass is 10.3. The van der Waals surface area contributed by atoms with E-state index >= 15 is 0 Å². The molecule has 0 aliphatic heterocycles. The fourth-order valence-electron chi connectivity index (χ4n) is 1.11. The van der Waals surface area contributed by atoms with Crippen LogP contribution in [0.5, 0.6) is 0 Å². The molecule has 0 bridgehead atoms. The molecular weight excluding hydrogens is 280 g/mol. The van der Waals surface area contributed by atoms with Crippen molar-refractivity contribution in [1.29, 1.82) is 0 Å². The lowest BCUT2D eigenvalue weighted by Crippen LogP contribution is -2.34. The first-order chi connectivity index (χ1) is 8.79. The molecule has 19 heavy (non-hydrogen) atoms. The summed E-state index contributed by atoms with van der Waals surface area (Å²) >= 11 is 0. The van der Waals surface area contributed by atoms with Crippen LogP contribution >= 0.6 is 0 Å². The smallest absolute Gasteiger partial charge is 0.327 e. The van der Waals surface area contributed by atoms with E-state index in [9.17, 15) is 18.0 Å². The van der Waals surface area contributed by atoms with Crippen molar-refractivity contribution in [3.63, 3.8) is 0 Å². The van der Waals surface area contributed by atoms with Gasteiger partial charge in [-0.15, -0.1) is 0 Å². The molecule has 2 N–H and O–H groups in total. The molecule has 1 unspecified atom stereocenters. The first-order valence-electron chi connectivity index (χ1n) is 5.71. The second-order valence-corrected chi connectivity index (χ2v) is 5.33. The summed E-state index contributed by atoms with van der Waals surface area (Å²) in [6, 6.07) is 0. The van der Waals surface area contributed by atoms with Gasteiger partial charge in [0.2, 0.25) is 0 Å². The molecule has 0 fully saturated rings. The van der Waals surface area contributed by atoms with Crippen molar-refractivity contribution < 1.29 is 37.1 Å². The molecule has 0 spiro atoms. The van der Waals surface area contributed by atoms with Crippen molar-refractivity contribution in [2.24, 2.45) is 0 Å². The summed E-state index contributed by atoms with van der Waals surface area (Å²) < 4.78 is 40.0. The third-order valence-corrected chi connectivity index (χ3v) is 3.17. The quantitative estimate of drug-likeness (QED) is 0.329. The summed E-state index contributed by atoms with van der Waals surface area (Å²) in [5, 5.41) is 6.35. The lowest BCUT2D eigenvalue weighted by molar-refractivity contribution is -0.148. The molecule has 0 aliphatic rings. The number of ether oxygens (including phenoxy) is 2. The van der Waals surface area contributed by atoms with Gasteiger partial charge in [-0.3, -0.25) is 14.1 Å². The number of carbonyl (C=O) groups is 2. The monoisotopic (exact) mass is 298 g/mol.